The molecule has 0 saturated carbocycles. The SMILES string of the molecule is CCCCCOc1ccc(C(=O)N(C)c2ccccc2C(=O)NCc2ccccc2)cc1. The molecule has 0 aromatic heterocycles. The van der Waals surface area contributed by atoms with Gasteiger partial charge in [0.2, 0.25) is 0 Å². The van der Waals surface area contributed by atoms with Crippen molar-refractivity contribution in [2.45, 2.75) is 32.7 Å². The Morgan fingerprint density at radius 2 is 1.56 bits per heavy atom. The maximum absolute atomic E-state index is 13.1. The number of anilines is 1. The lowest BCUT2D eigenvalue weighted by Gasteiger charge is -2.21. The second kappa shape index (κ2) is 11.7. The summed E-state index contributed by atoms with van der Waals surface area (Å²) in [4.78, 5) is 27.4. The first-order valence-corrected chi connectivity index (χ1v) is 11.0. The van der Waals surface area contributed by atoms with Gasteiger partial charge in [-0.05, 0) is 48.4 Å². The molecular weight excluding hydrogens is 400 g/mol. The molecule has 1 N–H and O–H groups in total. The molecule has 5 heteroatoms. The first kappa shape index (κ1) is 23.1. The molecule has 0 bridgehead atoms. The molecule has 0 spiro atoms. The van der Waals surface area contributed by atoms with Crippen molar-refractivity contribution >= 4 is 17.5 Å². The average Bonchev–Trinajstić information content (AvgIpc) is 2.85. The number of nitrogens with zero attached hydrogens (tertiary/aromatic N) is 1. The third-order valence-electron chi connectivity index (χ3n) is 5.23. The van der Waals surface area contributed by atoms with Crippen molar-refractivity contribution in [3.8, 4) is 5.75 Å². The van der Waals surface area contributed by atoms with E-state index < -0.39 is 0 Å². The zero-order valence-electron chi connectivity index (χ0n) is 18.7. The molecule has 166 valence electrons. The van der Waals surface area contributed by atoms with E-state index >= 15 is 0 Å². The van der Waals surface area contributed by atoms with Gasteiger partial charge in [0.25, 0.3) is 11.8 Å². The number of unbranched alkanes of at least 4 members (excludes halogenated alkanes) is 2. The van der Waals surface area contributed by atoms with Crippen LogP contribution in [0, 0.1) is 0 Å². The lowest BCUT2D eigenvalue weighted by Crippen LogP contribution is -2.30. The van der Waals surface area contributed by atoms with Gasteiger partial charge in [-0.2, -0.15) is 0 Å². The molecule has 0 atom stereocenters. The van der Waals surface area contributed by atoms with Crippen LogP contribution in [-0.4, -0.2) is 25.5 Å². The Labute approximate surface area is 190 Å². The summed E-state index contributed by atoms with van der Waals surface area (Å²) in [5.74, 6) is 0.340. The van der Waals surface area contributed by atoms with E-state index in [0.29, 0.717) is 30.0 Å². The molecule has 3 aromatic rings. The zero-order chi connectivity index (χ0) is 22.8. The number of ether oxygens (including phenoxy) is 1. The number of hydrogen-bond acceptors (Lipinski definition) is 3. The molecule has 0 aliphatic carbocycles. The summed E-state index contributed by atoms with van der Waals surface area (Å²) in [5, 5.41) is 2.93. The highest BCUT2D eigenvalue weighted by molar-refractivity contribution is 6.10. The van der Waals surface area contributed by atoms with E-state index in [4.69, 9.17) is 4.74 Å². The van der Waals surface area contributed by atoms with Crippen molar-refractivity contribution in [2.24, 2.45) is 0 Å². The van der Waals surface area contributed by atoms with E-state index in [9.17, 15) is 9.59 Å². The smallest absolute Gasteiger partial charge is 0.258 e. The summed E-state index contributed by atoms with van der Waals surface area (Å²) in [7, 11) is 1.68. The molecule has 0 aliphatic rings. The summed E-state index contributed by atoms with van der Waals surface area (Å²) >= 11 is 0. The van der Waals surface area contributed by atoms with Gasteiger partial charge in [-0.15, -0.1) is 0 Å². The van der Waals surface area contributed by atoms with E-state index in [-0.39, 0.29) is 11.8 Å². The van der Waals surface area contributed by atoms with Crippen LogP contribution in [0.4, 0.5) is 5.69 Å². The summed E-state index contributed by atoms with van der Waals surface area (Å²) in [6.07, 6.45) is 3.30. The Kier molecular flexibility index (Phi) is 8.44. The maximum atomic E-state index is 13.1. The molecule has 0 radical (unpaired) electrons. The molecule has 32 heavy (non-hydrogen) atoms. The van der Waals surface area contributed by atoms with E-state index in [1.807, 2.05) is 48.5 Å². The van der Waals surface area contributed by atoms with Crippen LogP contribution in [0.1, 0.15) is 52.5 Å². The fraction of sp³-hybridized carbons (Fsp3) is 0.259. The summed E-state index contributed by atoms with van der Waals surface area (Å²) in [6, 6.07) is 24.0. The van der Waals surface area contributed by atoms with Crippen molar-refractivity contribution in [2.75, 3.05) is 18.6 Å². The van der Waals surface area contributed by atoms with Gasteiger partial charge in [-0.25, -0.2) is 0 Å². The zero-order valence-corrected chi connectivity index (χ0v) is 18.7. The Morgan fingerprint density at radius 3 is 2.28 bits per heavy atom. The highest BCUT2D eigenvalue weighted by Crippen LogP contribution is 2.22. The van der Waals surface area contributed by atoms with E-state index in [1.54, 1.807) is 37.4 Å². The number of rotatable bonds is 10. The van der Waals surface area contributed by atoms with Crippen LogP contribution in [0.3, 0.4) is 0 Å². The molecule has 0 saturated heterocycles. The first-order chi connectivity index (χ1) is 15.6. The lowest BCUT2D eigenvalue weighted by atomic mass is 10.1. The molecule has 2 amide bonds. The monoisotopic (exact) mass is 430 g/mol. The predicted octanol–water partition coefficient (Wildman–Crippen LogP) is 5.46. The Balaban J connectivity index is 1.67. The predicted molar refractivity (Wildman–Crippen MR) is 128 cm³/mol. The third kappa shape index (κ3) is 6.20. The van der Waals surface area contributed by atoms with E-state index in [1.165, 1.54) is 4.90 Å². The number of carbonyl (C=O) groups is 2. The normalized spacial score (nSPS) is 10.4. The number of para-hydroxylation sites is 1. The molecule has 5 nitrogen and oxygen atoms in total. The van der Waals surface area contributed by atoms with Crippen LogP contribution in [-0.2, 0) is 6.54 Å². The van der Waals surface area contributed by atoms with Gasteiger partial charge in [0.05, 0.1) is 17.9 Å². The van der Waals surface area contributed by atoms with Crippen LogP contribution >= 0.6 is 0 Å². The van der Waals surface area contributed by atoms with Gasteiger partial charge in [0, 0.05) is 19.2 Å². The first-order valence-electron chi connectivity index (χ1n) is 11.0. The minimum absolute atomic E-state index is 0.189. The highest BCUT2D eigenvalue weighted by Gasteiger charge is 2.19. The maximum Gasteiger partial charge on any atom is 0.258 e. The second-order valence-electron chi connectivity index (χ2n) is 7.63. The standard InChI is InChI=1S/C27H30N2O3/c1-3-4-10-19-32-23-17-15-22(16-18-23)27(31)29(2)25-14-9-8-13-24(25)26(30)28-20-21-11-6-5-7-12-21/h5-9,11-18H,3-4,10,19-20H2,1-2H3,(H,28,30). The Bertz CT molecular complexity index is 1020. The molecule has 0 heterocycles. The third-order valence-corrected chi connectivity index (χ3v) is 5.23. The number of amides is 2. The Hall–Kier alpha value is -3.60. The minimum Gasteiger partial charge on any atom is -0.494 e. The highest BCUT2D eigenvalue weighted by atomic mass is 16.5. The van der Waals surface area contributed by atoms with Gasteiger partial charge < -0.3 is 15.0 Å². The average molecular weight is 431 g/mol. The van der Waals surface area contributed by atoms with Crippen LogP contribution in [0.2, 0.25) is 0 Å². The fourth-order valence-corrected chi connectivity index (χ4v) is 3.37. The number of carbonyl (C=O) groups excluding carboxylic acids is 2. The summed E-state index contributed by atoms with van der Waals surface area (Å²) in [5.41, 5.74) is 2.56. The molecule has 0 aliphatic heterocycles. The van der Waals surface area contributed by atoms with E-state index in [2.05, 4.69) is 12.2 Å². The van der Waals surface area contributed by atoms with Crippen LogP contribution in [0.15, 0.2) is 78.9 Å². The Morgan fingerprint density at radius 1 is 0.875 bits per heavy atom. The van der Waals surface area contributed by atoms with Crippen LogP contribution in [0.25, 0.3) is 0 Å². The van der Waals surface area contributed by atoms with Gasteiger partial charge in [0.1, 0.15) is 5.75 Å². The molecule has 3 rings (SSSR count). The number of nitrogens with one attached hydrogen (secondary N) is 1. The van der Waals surface area contributed by atoms with Gasteiger partial charge in [0.15, 0.2) is 0 Å². The van der Waals surface area contributed by atoms with Crippen molar-refractivity contribution in [1.29, 1.82) is 0 Å². The molecule has 0 unspecified atom stereocenters. The molecule has 3 aromatic carbocycles. The topological polar surface area (TPSA) is 58.6 Å². The van der Waals surface area contributed by atoms with Crippen molar-refractivity contribution in [3.05, 3.63) is 95.6 Å². The number of benzene rings is 3. The van der Waals surface area contributed by atoms with Gasteiger partial charge >= 0.3 is 0 Å². The molecule has 0 fully saturated rings. The van der Waals surface area contributed by atoms with Gasteiger partial charge in [-0.3, -0.25) is 9.59 Å². The minimum atomic E-state index is -0.222. The quantitative estimate of drug-likeness (QED) is 0.434. The number of hydrogen-bond donors (Lipinski definition) is 1. The van der Waals surface area contributed by atoms with Crippen molar-refractivity contribution in [1.82, 2.24) is 5.32 Å². The molecular formula is C27H30N2O3. The largest absolute Gasteiger partial charge is 0.494 e. The van der Waals surface area contributed by atoms with Crippen LogP contribution in [0.5, 0.6) is 5.75 Å². The van der Waals surface area contributed by atoms with Crippen molar-refractivity contribution < 1.29 is 14.3 Å². The van der Waals surface area contributed by atoms with Gasteiger partial charge in [-0.1, -0.05) is 62.2 Å². The second-order valence-corrected chi connectivity index (χ2v) is 7.63. The van der Waals surface area contributed by atoms with Crippen LogP contribution < -0.4 is 15.0 Å². The lowest BCUT2D eigenvalue weighted by molar-refractivity contribution is 0.0951. The van der Waals surface area contributed by atoms with Crippen molar-refractivity contribution in [3.63, 3.8) is 0 Å². The summed E-state index contributed by atoms with van der Waals surface area (Å²) < 4.78 is 5.72. The fourth-order valence-electron chi connectivity index (χ4n) is 3.37. The van der Waals surface area contributed by atoms with E-state index in [0.717, 1.165) is 30.6 Å². The summed E-state index contributed by atoms with van der Waals surface area (Å²) in [6.45, 7) is 3.25.